The number of hydrogen-bond acceptors (Lipinski definition) is 10. The molecule has 1 saturated heterocycles. The third-order valence-corrected chi connectivity index (χ3v) is 11.7. The zero-order chi connectivity index (χ0) is 40.8. The molecular formula is C42H56NO12P. The summed E-state index contributed by atoms with van der Waals surface area (Å²) in [7, 11) is -4.19. The van der Waals surface area contributed by atoms with Crippen molar-refractivity contribution in [3.8, 4) is 0 Å². The lowest BCUT2D eigenvalue weighted by atomic mass is 9.90. The first-order valence-corrected chi connectivity index (χ1v) is 20.5. The normalized spacial score (nSPS) is 20.3. The Morgan fingerprint density at radius 3 is 1.54 bits per heavy atom. The number of carbonyl (C=O) groups is 3. The molecule has 0 aromatic heterocycles. The lowest BCUT2D eigenvalue weighted by molar-refractivity contribution is -0.228. The van der Waals surface area contributed by atoms with E-state index in [4.69, 9.17) is 28.0 Å². The van der Waals surface area contributed by atoms with E-state index in [1.165, 1.54) is 34.6 Å². The van der Waals surface area contributed by atoms with Gasteiger partial charge in [0.15, 0.2) is 0 Å². The van der Waals surface area contributed by atoms with E-state index in [9.17, 15) is 29.2 Å². The minimum absolute atomic E-state index is 0.00507. The van der Waals surface area contributed by atoms with Crippen molar-refractivity contribution in [3.05, 3.63) is 108 Å². The average molecular weight is 798 g/mol. The van der Waals surface area contributed by atoms with E-state index < -0.39 is 66.7 Å². The molecular weight excluding hydrogens is 741 g/mol. The smallest absolute Gasteiger partial charge is 0.333 e. The van der Waals surface area contributed by atoms with Gasteiger partial charge in [-0.15, -0.1) is 0 Å². The van der Waals surface area contributed by atoms with Gasteiger partial charge in [0, 0.05) is 6.92 Å². The highest BCUT2D eigenvalue weighted by molar-refractivity contribution is 7.53. The van der Waals surface area contributed by atoms with E-state index >= 15 is 0 Å². The van der Waals surface area contributed by atoms with Gasteiger partial charge in [-0.05, 0) is 57.2 Å². The number of nitrogens with one attached hydrogen (secondary N) is 1. The first-order chi connectivity index (χ1) is 26.6. The van der Waals surface area contributed by atoms with Gasteiger partial charge in [-0.25, -0.2) is 0 Å². The van der Waals surface area contributed by atoms with Crippen LogP contribution in [0.1, 0.15) is 64.2 Å². The molecule has 306 valence electrons. The van der Waals surface area contributed by atoms with Crippen molar-refractivity contribution < 1.29 is 57.2 Å². The summed E-state index contributed by atoms with van der Waals surface area (Å²) in [5, 5.41) is 22.4. The summed E-state index contributed by atoms with van der Waals surface area (Å²) < 4.78 is 52.8. The minimum atomic E-state index is -4.19. The van der Waals surface area contributed by atoms with Gasteiger partial charge in [0.2, 0.25) is 5.91 Å². The zero-order valence-corrected chi connectivity index (χ0v) is 33.7. The molecule has 5 atom stereocenters. The van der Waals surface area contributed by atoms with Gasteiger partial charge in [-0.2, -0.15) is 0 Å². The van der Waals surface area contributed by atoms with Gasteiger partial charge in [0.25, 0.3) is 0 Å². The molecule has 3 aromatic carbocycles. The molecule has 14 heteroatoms. The first-order valence-electron chi connectivity index (χ1n) is 18.8. The van der Waals surface area contributed by atoms with Crippen LogP contribution in [0.2, 0.25) is 0 Å². The molecule has 13 nitrogen and oxygen atoms in total. The molecule has 1 aliphatic heterocycles. The lowest BCUT2D eigenvalue weighted by Gasteiger charge is -2.47. The highest BCUT2D eigenvalue weighted by Gasteiger charge is 2.50. The molecule has 4 rings (SSSR count). The number of carboxylic acids is 2. The largest absolute Gasteiger partial charge is 0.481 e. The molecule has 1 amide bonds. The van der Waals surface area contributed by atoms with E-state index in [-0.39, 0.29) is 58.6 Å². The Hall–Kier alpha value is -3.94. The van der Waals surface area contributed by atoms with Gasteiger partial charge in [-0.1, -0.05) is 91.0 Å². The van der Waals surface area contributed by atoms with Gasteiger partial charge < -0.3 is 43.5 Å². The molecule has 0 aliphatic carbocycles. The Morgan fingerprint density at radius 1 is 0.679 bits per heavy atom. The molecule has 0 bridgehead atoms. The van der Waals surface area contributed by atoms with Crippen molar-refractivity contribution in [3.63, 3.8) is 0 Å². The van der Waals surface area contributed by atoms with Crippen molar-refractivity contribution in [2.45, 2.75) is 97.7 Å². The van der Waals surface area contributed by atoms with E-state index in [0.29, 0.717) is 0 Å². The van der Waals surface area contributed by atoms with Gasteiger partial charge in [0.05, 0.1) is 68.8 Å². The summed E-state index contributed by atoms with van der Waals surface area (Å²) in [5.74, 6) is -2.51. The Kier molecular flexibility index (Phi) is 16.8. The van der Waals surface area contributed by atoms with Crippen LogP contribution in [0.3, 0.4) is 0 Å². The van der Waals surface area contributed by atoms with E-state index in [0.717, 1.165) is 16.7 Å². The fourth-order valence-electron chi connectivity index (χ4n) is 5.97. The number of benzene rings is 3. The maximum absolute atomic E-state index is 14.8. The second kappa shape index (κ2) is 21.0. The van der Waals surface area contributed by atoms with Crippen LogP contribution in [-0.4, -0.2) is 84.5 Å². The number of hydrogen-bond donors (Lipinski definition) is 3. The quantitative estimate of drug-likeness (QED) is 0.0850. The van der Waals surface area contributed by atoms with Crippen molar-refractivity contribution >= 4 is 25.4 Å². The molecule has 0 unspecified atom stereocenters. The van der Waals surface area contributed by atoms with Crippen LogP contribution in [0.25, 0.3) is 0 Å². The molecule has 0 radical (unpaired) electrons. The van der Waals surface area contributed by atoms with Crippen molar-refractivity contribution in [2.24, 2.45) is 10.8 Å². The van der Waals surface area contributed by atoms with Crippen LogP contribution in [0.5, 0.6) is 0 Å². The third kappa shape index (κ3) is 13.9. The summed E-state index contributed by atoms with van der Waals surface area (Å²) in [4.78, 5) is 36.6. The van der Waals surface area contributed by atoms with Gasteiger partial charge in [0.1, 0.15) is 18.3 Å². The van der Waals surface area contributed by atoms with Crippen LogP contribution >= 0.6 is 7.60 Å². The summed E-state index contributed by atoms with van der Waals surface area (Å²) in [6.07, 6.45) is -3.88. The standard InChI is InChI=1S/C42H56NO12P/c1-30(44)43-36-35(29-56(49,53-23-21-41(2,3)39(45)46)54-24-22-42(4,5)40(47)48)55-34(28-50-25-31-15-9-6-10-16-31)37(51-26-32-17-11-7-12-18-32)38(36)52-27-33-19-13-8-14-20-33/h6-20,34-38H,21-29H2,1-5H3,(H,43,44)(H,45,46)(H,47,48)/t34-,35-,36+,37-,38-/m1/s1. The summed E-state index contributed by atoms with van der Waals surface area (Å²) in [6.45, 7) is 7.64. The summed E-state index contributed by atoms with van der Waals surface area (Å²) in [5.41, 5.74) is 0.315. The van der Waals surface area contributed by atoms with Crippen LogP contribution in [0, 0.1) is 10.8 Å². The fraction of sp³-hybridized carbons (Fsp3) is 0.500. The van der Waals surface area contributed by atoms with E-state index in [1.807, 2.05) is 91.0 Å². The second-order valence-electron chi connectivity index (χ2n) is 15.3. The predicted molar refractivity (Wildman–Crippen MR) is 209 cm³/mol. The number of amides is 1. The van der Waals surface area contributed by atoms with Gasteiger partial charge in [-0.3, -0.25) is 18.9 Å². The zero-order valence-electron chi connectivity index (χ0n) is 32.8. The predicted octanol–water partition coefficient (Wildman–Crippen LogP) is 6.87. The first kappa shape index (κ1) is 44.8. The Labute approximate surface area is 329 Å². The number of carbonyl (C=O) groups excluding carboxylic acids is 1. The number of ether oxygens (including phenoxy) is 4. The molecule has 1 fully saturated rings. The highest BCUT2D eigenvalue weighted by Crippen LogP contribution is 2.51. The van der Waals surface area contributed by atoms with Crippen LogP contribution in [0.4, 0.5) is 0 Å². The Balaban J connectivity index is 1.71. The number of rotatable bonds is 23. The SMILES string of the molecule is CC(=O)N[C@@H]1[C@@H](OCc2ccccc2)[C@H](OCc2ccccc2)[C@@H](COCc2ccccc2)O[C@@H]1CP(=O)(OCCC(C)(C)C(=O)O)OCCC(C)(C)C(=O)O. The molecule has 56 heavy (non-hydrogen) atoms. The fourth-order valence-corrected chi connectivity index (χ4v) is 7.75. The molecule has 3 N–H and O–H groups in total. The maximum Gasteiger partial charge on any atom is 0.333 e. The molecule has 3 aromatic rings. The van der Waals surface area contributed by atoms with Crippen molar-refractivity contribution in [1.29, 1.82) is 0 Å². The van der Waals surface area contributed by atoms with Crippen molar-refractivity contribution in [2.75, 3.05) is 26.0 Å². The molecule has 0 saturated carbocycles. The molecule has 1 aliphatic rings. The van der Waals surface area contributed by atoms with E-state index in [1.54, 1.807) is 0 Å². The Morgan fingerprint density at radius 2 is 1.11 bits per heavy atom. The summed E-state index contributed by atoms with van der Waals surface area (Å²) >= 11 is 0. The van der Waals surface area contributed by atoms with Crippen LogP contribution in [0.15, 0.2) is 91.0 Å². The molecule has 1 heterocycles. The molecule has 0 spiro atoms. The highest BCUT2D eigenvalue weighted by atomic mass is 31.2. The minimum Gasteiger partial charge on any atom is -0.481 e. The van der Waals surface area contributed by atoms with Crippen molar-refractivity contribution in [1.82, 2.24) is 5.32 Å². The third-order valence-electron chi connectivity index (χ3n) is 9.72. The average Bonchev–Trinajstić information content (AvgIpc) is 3.15. The van der Waals surface area contributed by atoms with Gasteiger partial charge >= 0.3 is 19.5 Å². The topological polar surface area (TPSA) is 176 Å². The van der Waals surface area contributed by atoms with E-state index in [2.05, 4.69) is 5.32 Å². The Bertz CT molecular complexity index is 1690. The van der Waals surface area contributed by atoms with Crippen LogP contribution in [-0.2, 0) is 66.8 Å². The second-order valence-corrected chi connectivity index (χ2v) is 17.4. The maximum atomic E-state index is 14.8. The summed E-state index contributed by atoms with van der Waals surface area (Å²) in [6, 6.07) is 27.8. The number of aliphatic carboxylic acids is 2. The monoisotopic (exact) mass is 797 g/mol. The lowest BCUT2D eigenvalue weighted by Crippen LogP contribution is -2.66. The van der Waals surface area contributed by atoms with Crippen LogP contribution < -0.4 is 5.32 Å². The number of carboxylic acid groups (broad SMARTS) is 2.